The van der Waals surface area contributed by atoms with Gasteiger partial charge in [0.25, 0.3) is 11.9 Å². The fourth-order valence-electron chi connectivity index (χ4n) is 0.885. The largest absolute Gasteiger partial charge is 0.478 e. The number of rotatable bonds is 1. The standard InChI is InChI=1S/C8H6O9/c9-3-1-2-4(10)16-17-8(14)5(11)6(15-3)7(12)13/h6H,1-2H2,(H,12,13). The smallest absolute Gasteiger partial charge is 0.426 e. The number of cyclic esters (lactones) is 1. The second-order valence-corrected chi connectivity index (χ2v) is 2.90. The molecule has 0 amide bonds. The Hall–Kier alpha value is -2.45. The third kappa shape index (κ3) is 3.26. The van der Waals surface area contributed by atoms with Gasteiger partial charge in [0.1, 0.15) is 0 Å². The Kier molecular flexibility index (Phi) is 3.75. The van der Waals surface area contributed by atoms with E-state index in [0.717, 1.165) is 0 Å². The predicted molar refractivity (Wildman–Crippen MR) is 43.9 cm³/mol. The van der Waals surface area contributed by atoms with E-state index in [1.165, 1.54) is 0 Å². The molecule has 0 aromatic rings. The molecule has 1 aliphatic heterocycles. The van der Waals surface area contributed by atoms with Gasteiger partial charge in [-0.1, -0.05) is 0 Å². The summed E-state index contributed by atoms with van der Waals surface area (Å²) in [6, 6.07) is 0. The van der Waals surface area contributed by atoms with Crippen molar-refractivity contribution in [3.05, 3.63) is 0 Å². The van der Waals surface area contributed by atoms with E-state index in [4.69, 9.17) is 5.11 Å². The topological polar surface area (TPSA) is 133 Å². The summed E-state index contributed by atoms with van der Waals surface area (Å²) >= 11 is 0. The Morgan fingerprint density at radius 3 is 2.24 bits per heavy atom. The van der Waals surface area contributed by atoms with Crippen LogP contribution >= 0.6 is 0 Å². The molecule has 9 nitrogen and oxygen atoms in total. The molecule has 1 N–H and O–H groups in total. The highest BCUT2D eigenvalue weighted by molar-refractivity contribution is 6.39. The number of hydrogen-bond donors (Lipinski definition) is 1. The number of ether oxygens (including phenoxy) is 1. The molecule has 0 bridgehead atoms. The quantitative estimate of drug-likeness (QED) is 0.250. The van der Waals surface area contributed by atoms with Crippen molar-refractivity contribution in [3.8, 4) is 0 Å². The summed E-state index contributed by atoms with van der Waals surface area (Å²) in [6.45, 7) is 0. The van der Waals surface area contributed by atoms with Crippen molar-refractivity contribution in [1.29, 1.82) is 0 Å². The summed E-state index contributed by atoms with van der Waals surface area (Å²) in [5.41, 5.74) is 0. The van der Waals surface area contributed by atoms with Gasteiger partial charge in [0, 0.05) is 0 Å². The molecule has 9 heteroatoms. The minimum atomic E-state index is -2.30. The highest BCUT2D eigenvalue weighted by Crippen LogP contribution is 2.06. The molecule has 0 radical (unpaired) electrons. The molecule has 1 aliphatic rings. The highest BCUT2D eigenvalue weighted by atomic mass is 17.2. The van der Waals surface area contributed by atoms with Crippen LogP contribution in [0.15, 0.2) is 0 Å². The molecular weight excluding hydrogens is 240 g/mol. The molecule has 0 spiro atoms. The van der Waals surface area contributed by atoms with Crippen molar-refractivity contribution >= 4 is 29.7 Å². The van der Waals surface area contributed by atoms with Crippen molar-refractivity contribution in [1.82, 2.24) is 0 Å². The third-order valence-electron chi connectivity index (χ3n) is 1.66. The van der Waals surface area contributed by atoms with Crippen LogP contribution in [-0.2, 0) is 38.5 Å². The van der Waals surface area contributed by atoms with Crippen LogP contribution in [0, 0.1) is 0 Å². The van der Waals surface area contributed by atoms with Gasteiger partial charge < -0.3 is 9.84 Å². The van der Waals surface area contributed by atoms with E-state index < -0.39 is 48.6 Å². The van der Waals surface area contributed by atoms with Gasteiger partial charge in [0.2, 0.25) is 0 Å². The van der Waals surface area contributed by atoms with Crippen molar-refractivity contribution in [2.45, 2.75) is 18.9 Å². The summed E-state index contributed by atoms with van der Waals surface area (Å²) in [5.74, 6) is -7.39. The van der Waals surface area contributed by atoms with Gasteiger partial charge in [-0.05, 0) is 0 Å². The zero-order chi connectivity index (χ0) is 13.0. The lowest BCUT2D eigenvalue weighted by Crippen LogP contribution is -2.41. The predicted octanol–water partition coefficient (Wildman–Crippen LogP) is -1.65. The van der Waals surface area contributed by atoms with Crippen molar-refractivity contribution < 1.29 is 43.6 Å². The minimum Gasteiger partial charge on any atom is -0.478 e. The molecule has 1 saturated heterocycles. The summed E-state index contributed by atoms with van der Waals surface area (Å²) in [6.07, 6.45) is -3.26. The fraction of sp³-hybridized carbons (Fsp3) is 0.375. The number of carboxylic acids is 1. The number of Topliss-reactive ketones (excluding diaryl/α,β-unsaturated/α-hetero) is 1. The molecule has 92 valence electrons. The van der Waals surface area contributed by atoms with Crippen LogP contribution in [0.2, 0.25) is 0 Å². The van der Waals surface area contributed by atoms with Crippen LogP contribution in [0.4, 0.5) is 0 Å². The number of esters is 1. The normalized spacial score (nSPS) is 22.2. The number of ketones is 1. The minimum absolute atomic E-state index is 0.466. The fourth-order valence-corrected chi connectivity index (χ4v) is 0.885. The summed E-state index contributed by atoms with van der Waals surface area (Å²) in [7, 11) is 0. The maximum Gasteiger partial charge on any atom is 0.426 e. The van der Waals surface area contributed by atoms with Crippen molar-refractivity contribution in [2.24, 2.45) is 0 Å². The molecule has 0 aromatic heterocycles. The van der Waals surface area contributed by atoms with Gasteiger partial charge >= 0.3 is 23.9 Å². The summed E-state index contributed by atoms with van der Waals surface area (Å²) in [5, 5.41) is 8.56. The molecule has 17 heavy (non-hydrogen) atoms. The van der Waals surface area contributed by atoms with Gasteiger partial charge in [-0.15, -0.1) is 0 Å². The second kappa shape index (κ2) is 5.05. The molecular formula is C8H6O9. The Balaban J connectivity index is 2.89. The van der Waals surface area contributed by atoms with E-state index in [2.05, 4.69) is 14.5 Å². The van der Waals surface area contributed by atoms with Crippen LogP contribution in [0.1, 0.15) is 12.8 Å². The number of carbonyl (C=O) groups is 5. The molecule has 1 unspecified atom stereocenters. The van der Waals surface area contributed by atoms with Crippen molar-refractivity contribution in [2.75, 3.05) is 0 Å². The third-order valence-corrected chi connectivity index (χ3v) is 1.66. The van der Waals surface area contributed by atoms with Gasteiger partial charge in [-0.2, -0.15) is 0 Å². The van der Waals surface area contributed by atoms with E-state index in [1.54, 1.807) is 0 Å². The van der Waals surface area contributed by atoms with Gasteiger partial charge in [-0.25, -0.2) is 24.2 Å². The SMILES string of the molecule is O=C1CCC(=O)OC(C(=O)O)C(=O)C(=O)OO1. The van der Waals surface area contributed by atoms with Crippen LogP contribution in [0.25, 0.3) is 0 Å². The second-order valence-electron chi connectivity index (χ2n) is 2.90. The first kappa shape index (κ1) is 12.6. The Bertz CT molecular complexity index is 396. The average Bonchev–Trinajstić information content (AvgIpc) is 2.28. The maximum absolute atomic E-state index is 11.1. The van der Waals surface area contributed by atoms with E-state index in [0.29, 0.717) is 0 Å². The molecule has 1 fully saturated rings. The van der Waals surface area contributed by atoms with Crippen LogP contribution in [-0.4, -0.2) is 40.9 Å². The lowest BCUT2D eigenvalue weighted by molar-refractivity contribution is -0.258. The highest BCUT2D eigenvalue weighted by Gasteiger charge is 2.38. The number of aliphatic carboxylic acids is 1. The lowest BCUT2D eigenvalue weighted by Gasteiger charge is -2.12. The zero-order valence-corrected chi connectivity index (χ0v) is 8.20. The van der Waals surface area contributed by atoms with E-state index in [9.17, 15) is 24.0 Å². The molecule has 1 rings (SSSR count). The first-order chi connectivity index (χ1) is 7.91. The molecule has 1 atom stereocenters. The van der Waals surface area contributed by atoms with E-state index in [-0.39, 0.29) is 0 Å². The molecule has 1 heterocycles. The molecule has 0 aliphatic carbocycles. The Morgan fingerprint density at radius 2 is 1.65 bits per heavy atom. The molecule has 0 saturated carbocycles. The van der Waals surface area contributed by atoms with Gasteiger partial charge in [0.15, 0.2) is 0 Å². The first-order valence-corrected chi connectivity index (χ1v) is 4.29. The van der Waals surface area contributed by atoms with Crippen LogP contribution in [0.3, 0.4) is 0 Å². The lowest BCUT2D eigenvalue weighted by atomic mass is 10.2. The summed E-state index contributed by atoms with van der Waals surface area (Å²) < 4.78 is 4.22. The average molecular weight is 246 g/mol. The first-order valence-electron chi connectivity index (χ1n) is 4.29. The molecule has 0 aromatic carbocycles. The van der Waals surface area contributed by atoms with Crippen LogP contribution < -0.4 is 0 Å². The van der Waals surface area contributed by atoms with E-state index in [1.807, 2.05) is 0 Å². The van der Waals surface area contributed by atoms with E-state index >= 15 is 0 Å². The van der Waals surface area contributed by atoms with Crippen LogP contribution in [0.5, 0.6) is 0 Å². The maximum atomic E-state index is 11.1. The monoisotopic (exact) mass is 246 g/mol. The number of carbonyl (C=O) groups excluding carboxylic acids is 4. The van der Waals surface area contributed by atoms with Gasteiger partial charge in [-0.3, -0.25) is 9.59 Å². The number of carboxylic acid groups (broad SMARTS) is 1. The van der Waals surface area contributed by atoms with Gasteiger partial charge in [0.05, 0.1) is 12.8 Å². The Labute approximate surface area is 93.2 Å². The zero-order valence-electron chi connectivity index (χ0n) is 8.20. The summed E-state index contributed by atoms with van der Waals surface area (Å²) in [4.78, 5) is 62.0. The number of hydrogen-bond acceptors (Lipinski definition) is 8. The Morgan fingerprint density at radius 1 is 1.06 bits per heavy atom. The van der Waals surface area contributed by atoms with Crippen molar-refractivity contribution in [3.63, 3.8) is 0 Å².